The minimum atomic E-state index is -3.51. The third-order valence-electron chi connectivity index (χ3n) is 4.71. The smallest absolute Gasteiger partial charge is 0.264 e. The molecule has 9 nitrogen and oxygen atoms in total. The highest BCUT2D eigenvalue weighted by Gasteiger charge is 2.11. The zero-order chi connectivity index (χ0) is 26.2. The van der Waals surface area contributed by atoms with Gasteiger partial charge < -0.3 is 10.0 Å². The van der Waals surface area contributed by atoms with Crippen LogP contribution in [0.1, 0.15) is 24.0 Å². The molecule has 0 amide bonds. The fraction of sp³-hybridized carbons (Fsp3) is 0.409. The first-order chi connectivity index (χ1) is 16.2. The SMILES string of the molecule is Cc1cc(N(CCCOS(C)(=O)=O)CCCOS(C)(=O)=O)ccc1C=Nc1cc(Br)c(O)c(Br)c1. The first-order valence-corrected chi connectivity index (χ1v) is 15.7. The van der Waals surface area contributed by atoms with E-state index in [1.165, 1.54) is 0 Å². The number of hydrogen-bond acceptors (Lipinski definition) is 9. The average Bonchev–Trinajstić information content (AvgIpc) is 2.74. The fourth-order valence-electron chi connectivity index (χ4n) is 3.07. The van der Waals surface area contributed by atoms with Crippen molar-refractivity contribution in [2.75, 3.05) is 43.7 Å². The van der Waals surface area contributed by atoms with Crippen LogP contribution in [0.5, 0.6) is 5.75 Å². The van der Waals surface area contributed by atoms with Crippen LogP contribution in [0.15, 0.2) is 44.3 Å². The molecule has 194 valence electrons. The van der Waals surface area contributed by atoms with Crippen LogP contribution in [0, 0.1) is 6.92 Å². The molecule has 0 fully saturated rings. The van der Waals surface area contributed by atoms with Crippen LogP contribution < -0.4 is 4.90 Å². The summed E-state index contributed by atoms with van der Waals surface area (Å²) in [6.07, 6.45) is 4.67. The van der Waals surface area contributed by atoms with Gasteiger partial charge in [0, 0.05) is 25.0 Å². The number of phenolic OH excluding ortho intramolecular Hbond substituents is 1. The van der Waals surface area contributed by atoms with E-state index in [1.54, 1.807) is 18.3 Å². The Kier molecular flexibility index (Phi) is 11.2. The van der Waals surface area contributed by atoms with E-state index in [0.29, 0.717) is 40.6 Å². The molecular formula is C22H28Br2N2O7S2. The summed E-state index contributed by atoms with van der Waals surface area (Å²) in [6, 6.07) is 9.24. The van der Waals surface area contributed by atoms with Crippen LogP contribution >= 0.6 is 31.9 Å². The van der Waals surface area contributed by atoms with E-state index in [4.69, 9.17) is 8.37 Å². The lowest BCUT2D eigenvalue weighted by Crippen LogP contribution is -2.28. The topological polar surface area (TPSA) is 123 Å². The highest BCUT2D eigenvalue weighted by atomic mass is 79.9. The van der Waals surface area contributed by atoms with Crippen LogP contribution in [0.3, 0.4) is 0 Å². The lowest BCUT2D eigenvalue weighted by molar-refractivity contribution is 0.310. The number of aryl methyl sites for hydroxylation is 1. The monoisotopic (exact) mass is 654 g/mol. The molecule has 0 spiro atoms. The second-order valence-corrected chi connectivity index (χ2v) is 12.8. The highest BCUT2D eigenvalue weighted by molar-refractivity contribution is 9.11. The highest BCUT2D eigenvalue weighted by Crippen LogP contribution is 2.36. The lowest BCUT2D eigenvalue weighted by atomic mass is 10.1. The van der Waals surface area contributed by atoms with E-state index < -0.39 is 20.2 Å². The Morgan fingerprint density at radius 3 is 1.91 bits per heavy atom. The molecular weight excluding hydrogens is 628 g/mol. The van der Waals surface area contributed by atoms with Crippen LogP contribution in [-0.4, -0.2) is 67.0 Å². The van der Waals surface area contributed by atoms with Crippen molar-refractivity contribution in [1.82, 2.24) is 0 Å². The molecule has 0 aliphatic rings. The zero-order valence-electron chi connectivity index (χ0n) is 19.6. The number of phenols is 1. The zero-order valence-corrected chi connectivity index (χ0v) is 24.4. The van der Waals surface area contributed by atoms with Crippen LogP contribution in [0.4, 0.5) is 11.4 Å². The maximum absolute atomic E-state index is 11.2. The van der Waals surface area contributed by atoms with Crippen LogP contribution in [-0.2, 0) is 28.6 Å². The molecule has 0 heterocycles. The van der Waals surface area contributed by atoms with E-state index in [1.807, 2.05) is 30.0 Å². The predicted molar refractivity (Wildman–Crippen MR) is 145 cm³/mol. The number of benzene rings is 2. The Balaban J connectivity index is 2.14. The average molecular weight is 656 g/mol. The summed E-state index contributed by atoms with van der Waals surface area (Å²) in [7, 11) is -7.03. The van der Waals surface area contributed by atoms with Crippen LogP contribution in [0.25, 0.3) is 0 Å². The molecule has 0 bridgehead atoms. The summed E-state index contributed by atoms with van der Waals surface area (Å²) >= 11 is 6.58. The molecule has 0 atom stereocenters. The number of hydrogen-bond donors (Lipinski definition) is 1. The third-order valence-corrected chi connectivity index (χ3v) is 7.11. The second kappa shape index (κ2) is 13.2. The van der Waals surface area contributed by atoms with Gasteiger partial charge in [-0.05, 0) is 87.0 Å². The van der Waals surface area contributed by atoms with Crippen molar-refractivity contribution in [3.05, 3.63) is 50.4 Å². The lowest BCUT2D eigenvalue weighted by Gasteiger charge is -2.25. The van der Waals surface area contributed by atoms with Crippen molar-refractivity contribution in [2.45, 2.75) is 19.8 Å². The normalized spacial score (nSPS) is 12.4. The number of rotatable bonds is 13. The van der Waals surface area contributed by atoms with Gasteiger partial charge in [-0.2, -0.15) is 16.8 Å². The molecule has 2 aromatic rings. The molecule has 0 unspecified atom stereocenters. The summed E-state index contributed by atoms with van der Waals surface area (Å²) in [5.41, 5.74) is 3.42. The number of aromatic hydroxyl groups is 1. The van der Waals surface area contributed by atoms with E-state index in [-0.39, 0.29) is 19.0 Å². The van der Waals surface area contributed by atoms with Gasteiger partial charge >= 0.3 is 0 Å². The molecule has 35 heavy (non-hydrogen) atoms. The van der Waals surface area contributed by atoms with Gasteiger partial charge in [-0.25, -0.2) is 0 Å². The number of anilines is 1. The van der Waals surface area contributed by atoms with Gasteiger partial charge in [0.25, 0.3) is 20.2 Å². The Morgan fingerprint density at radius 2 is 1.46 bits per heavy atom. The number of aliphatic imine (C=N–C) groups is 1. The quantitative estimate of drug-likeness (QED) is 0.190. The summed E-state index contributed by atoms with van der Waals surface area (Å²) < 4.78 is 55.6. The van der Waals surface area contributed by atoms with E-state index in [2.05, 4.69) is 36.9 Å². The largest absolute Gasteiger partial charge is 0.506 e. The van der Waals surface area contributed by atoms with Crippen molar-refractivity contribution in [2.24, 2.45) is 4.99 Å². The maximum Gasteiger partial charge on any atom is 0.264 e. The van der Waals surface area contributed by atoms with Crippen molar-refractivity contribution in [3.63, 3.8) is 0 Å². The first-order valence-electron chi connectivity index (χ1n) is 10.5. The van der Waals surface area contributed by atoms with Gasteiger partial charge in [-0.15, -0.1) is 0 Å². The minimum Gasteiger partial charge on any atom is -0.506 e. The molecule has 2 rings (SSSR count). The van der Waals surface area contributed by atoms with E-state index in [0.717, 1.165) is 29.3 Å². The summed E-state index contributed by atoms with van der Waals surface area (Å²) in [4.78, 5) is 6.51. The molecule has 1 N–H and O–H groups in total. The molecule has 0 saturated carbocycles. The van der Waals surface area contributed by atoms with E-state index in [9.17, 15) is 21.9 Å². The summed E-state index contributed by atoms with van der Waals surface area (Å²) in [6.45, 7) is 3.08. The first kappa shape index (κ1) is 29.7. The molecule has 0 aliphatic heterocycles. The van der Waals surface area contributed by atoms with Gasteiger partial charge in [0.1, 0.15) is 5.75 Å². The Morgan fingerprint density at radius 1 is 0.943 bits per heavy atom. The summed E-state index contributed by atoms with van der Waals surface area (Å²) in [5.74, 6) is 0.105. The molecule has 0 radical (unpaired) electrons. The number of nitrogens with zero attached hydrogens (tertiary/aromatic N) is 2. The standard InChI is InChI=1S/C22H28Br2N2O7S2/c1-16-12-19(7-6-17(16)15-25-18-13-20(23)22(27)21(24)14-18)26(8-4-10-32-34(2,28)29)9-5-11-33-35(3,30)31/h6-7,12-15,27H,4-5,8-11H2,1-3H3. The second-order valence-electron chi connectivity index (χ2n) is 7.80. The molecule has 0 aliphatic carbocycles. The molecule has 13 heteroatoms. The minimum absolute atomic E-state index is 0.0522. The fourth-order valence-corrected chi connectivity index (χ4v) is 5.08. The Hall–Kier alpha value is -1.51. The molecule has 2 aromatic carbocycles. The van der Waals surface area contributed by atoms with Crippen molar-refractivity contribution in [1.29, 1.82) is 0 Å². The van der Waals surface area contributed by atoms with E-state index >= 15 is 0 Å². The van der Waals surface area contributed by atoms with Gasteiger partial charge in [0.15, 0.2) is 0 Å². The summed E-state index contributed by atoms with van der Waals surface area (Å²) in [5, 5.41) is 9.85. The van der Waals surface area contributed by atoms with Crippen LogP contribution in [0.2, 0.25) is 0 Å². The van der Waals surface area contributed by atoms with Crippen molar-refractivity contribution >= 4 is 69.7 Å². The maximum atomic E-state index is 11.2. The molecule has 0 aromatic heterocycles. The van der Waals surface area contributed by atoms with Gasteiger partial charge in [0.05, 0.1) is 40.4 Å². The predicted octanol–water partition coefficient (Wildman–Crippen LogP) is 4.52. The van der Waals surface area contributed by atoms with Gasteiger partial charge in [-0.1, -0.05) is 6.07 Å². The Bertz CT molecular complexity index is 1200. The van der Waals surface area contributed by atoms with Crippen molar-refractivity contribution < 1.29 is 30.3 Å². The third kappa shape index (κ3) is 11.0. The number of halogens is 2. The van der Waals surface area contributed by atoms with Gasteiger partial charge in [0.2, 0.25) is 0 Å². The Labute approximate surface area is 223 Å². The molecule has 0 saturated heterocycles. The van der Waals surface area contributed by atoms with Crippen molar-refractivity contribution in [3.8, 4) is 5.75 Å². The van der Waals surface area contributed by atoms with Gasteiger partial charge in [-0.3, -0.25) is 13.4 Å².